The molecule has 0 bridgehead atoms. The van der Waals surface area contributed by atoms with E-state index in [0.29, 0.717) is 24.5 Å². The van der Waals surface area contributed by atoms with Crippen molar-refractivity contribution in [3.8, 4) is 0 Å². The number of aliphatic carboxylic acids is 1. The summed E-state index contributed by atoms with van der Waals surface area (Å²) < 4.78 is 14.8. The first kappa shape index (κ1) is 16.3. The van der Waals surface area contributed by atoms with Crippen LogP contribution in [0.5, 0.6) is 0 Å². The van der Waals surface area contributed by atoms with Crippen LogP contribution in [0.2, 0.25) is 0 Å². The van der Waals surface area contributed by atoms with Crippen molar-refractivity contribution in [1.29, 1.82) is 0 Å². The molecule has 0 radical (unpaired) electrons. The van der Waals surface area contributed by atoms with E-state index < -0.39 is 23.5 Å². The molecule has 1 aromatic carbocycles. The predicted molar refractivity (Wildman–Crippen MR) is 91.9 cm³/mol. The fourth-order valence-corrected chi connectivity index (χ4v) is 3.87. The number of fused-ring (bicyclic) bond motifs is 1. The molecular weight excluding hydrogens is 325 g/mol. The van der Waals surface area contributed by atoms with Gasteiger partial charge in [0.15, 0.2) is 5.78 Å². The van der Waals surface area contributed by atoms with Gasteiger partial charge in [0.1, 0.15) is 11.7 Å². The van der Waals surface area contributed by atoms with Crippen LogP contribution in [0.1, 0.15) is 30.1 Å². The van der Waals surface area contributed by atoms with Crippen molar-refractivity contribution in [2.45, 2.75) is 31.8 Å². The van der Waals surface area contributed by atoms with Gasteiger partial charge in [-0.2, -0.15) is 0 Å². The highest BCUT2D eigenvalue weighted by Gasteiger charge is 2.42. The topological polar surface area (TPSA) is 72.9 Å². The lowest BCUT2D eigenvalue weighted by atomic mass is 9.90. The Hall–Kier alpha value is -2.15. The van der Waals surface area contributed by atoms with E-state index in [1.54, 1.807) is 6.07 Å². The molecule has 0 spiro atoms. The first-order valence-corrected chi connectivity index (χ1v) is 8.81. The van der Waals surface area contributed by atoms with Crippen LogP contribution in [0.3, 0.4) is 0 Å². The normalized spacial score (nSPS) is 26.6. The Morgan fingerprint density at radius 1 is 1.28 bits per heavy atom. The Bertz CT molecular complexity index is 735. The van der Waals surface area contributed by atoms with Crippen molar-refractivity contribution in [3.63, 3.8) is 0 Å². The molecule has 1 aromatic rings. The third kappa shape index (κ3) is 2.86. The predicted octanol–water partition coefficient (Wildman–Crippen LogP) is 1.49. The van der Waals surface area contributed by atoms with Crippen LogP contribution < -0.4 is 15.1 Å². The Morgan fingerprint density at radius 2 is 2.04 bits per heavy atom. The summed E-state index contributed by atoms with van der Waals surface area (Å²) in [7, 11) is 0. The molecule has 0 amide bonds. The summed E-state index contributed by atoms with van der Waals surface area (Å²) in [5, 5.41) is 12.7. The molecule has 4 rings (SSSR count). The monoisotopic (exact) mass is 347 g/mol. The van der Waals surface area contributed by atoms with Gasteiger partial charge in [-0.3, -0.25) is 9.59 Å². The summed E-state index contributed by atoms with van der Waals surface area (Å²) in [5.41, 5.74) is 1.39. The van der Waals surface area contributed by atoms with Crippen LogP contribution in [0.15, 0.2) is 12.1 Å². The molecule has 7 heteroatoms. The Kier molecular flexibility index (Phi) is 3.91. The second-order valence-electron chi connectivity index (χ2n) is 7.26. The number of nitrogens with one attached hydrogen (secondary N) is 1. The third-order valence-electron chi connectivity index (χ3n) is 5.33. The maximum absolute atomic E-state index is 14.8. The second-order valence-corrected chi connectivity index (χ2v) is 7.26. The number of nitrogens with zero attached hydrogens (tertiary/aromatic N) is 2. The molecule has 1 saturated carbocycles. The SMILES string of the molecule is CC1CN(c2cc3c(cc2F)C(=O)C(C(=O)O)CN3C2CC2)CCN1. The molecular formula is C18H22FN3O3. The van der Waals surface area contributed by atoms with Gasteiger partial charge in [0.05, 0.1) is 11.4 Å². The number of benzene rings is 1. The molecule has 2 N–H and O–H groups in total. The van der Waals surface area contributed by atoms with E-state index in [4.69, 9.17) is 0 Å². The van der Waals surface area contributed by atoms with Gasteiger partial charge in [-0.25, -0.2) is 4.39 Å². The number of halogens is 1. The van der Waals surface area contributed by atoms with Gasteiger partial charge in [-0.1, -0.05) is 0 Å². The highest BCUT2D eigenvalue weighted by Crippen LogP contribution is 2.41. The van der Waals surface area contributed by atoms with Gasteiger partial charge in [-0.15, -0.1) is 0 Å². The average molecular weight is 347 g/mol. The van der Waals surface area contributed by atoms with Gasteiger partial charge in [-0.05, 0) is 31.9 Å². The van der Waals surface area contributed by atoms with E-state index >= 15 is 0 Å². The summed E-state index contributed by atoms with van der Waals surface area (Å²) in [5.74, 6) is -3.19. The van der Waals surface area contributed by atoms with Crippen molar-refractivity contribution < 1.29 is 19.1 Å². The van der Waals surface area contributed by atoms with Gasteiger partial charge in [0.2, 0.25) is 0 Å². The first-order chi connectivity index (χ1) is 12.0. The van der Waals surface area contributed by atoms with E-state index in [2.05, 4.69) is 12.2 Å². The zero-order valence-electron chi connectivity index (χ0n) is 14.2. The molecule has 1 saturated heterocycles. The minimum atomic E-state index is -1.14. The standard InChI is InChI=1S/C18H22FN3O3/c1-10-8-21(5-4-20-10)16-7-15-12(6-14(16)19)17(23)13(18(24)25)9-22(15)11-2-3-11/h6-7,10-11,13,20H,2-5,8-9H2,1H3,(H,24,25). The Labute approximate surface area is 145 Å². The number of Topliss-reactive ketones (excluding diaryl/α,β-unsaturated/α-hetero) is 1. The number of rotatable bonds is 3. The van der Waals surface area contributed by atoms with Gasteiger partial charge < -0.3 is 20.2 Å². The smallest absolute Gasteiger partial charge is 0.316 e. The molecule has 1 aliphatic carbocycles. The number of carbonyl (C=O) groups excluding carboxylic acids is 1. The average Bonchev–Trinajstić information content (AvgIpc) is 3.39. The molecule has 2 aliphatic heterocycles. The van der Waals surface area contributed by atoms with E-state index in [-0.39, 0.29) is 24.2 Å². The number of hydrogen-bond donors (Lipinski definition) is 2. The summed E-state index contributed by atoms with van der Waals surface area (Å²) >= 11 is 0. The number of ketones is 1. The number of carbonyl (C=O) groups is 2. The fourth-order valence-electron chi connectivity index (χ4n) is 3.87. The van der Waals surface area contributed by atoms with Crippen molar-refractivity contribution >= 4 is 23.1 Å². The fraction of sp³-hybridized carbons (Fsp3) is 0.556. The molecule has 134 valence electrons. The number of anilines is 2. The minimum absolute atomic E-state index is 0.175. The molecule has 2 fully saturated rings. The Balaban J connectivity index is 1.76. The lowest BCUT2D eigenvalue weighted by Crippen LogP contribution is -2.50. The van der Waals surface area contributed by atoms with Crippen LogP contribution in [0, 0.1) is 11.7 Å². The van der Waals surface area contributed by atoms with E-state index in [1.165, 1.54) is 6.07 Å². The van der Waals surface area contributed by atoms with Crippen LogP contribution >= 0.6 is 0 Å². The van der Waals surface area contributed by atoms with Gasteiger partial charge >= 0.3 is 5.97 Å². The van der Waals surface area contributed by atoms with Gasteiger partial charge in [0.25, 0.3) is 0 Å². The van der Waals surface area contributed by atoms with Crippen LogP contribution in [0.25, 0.3) is 0 Å². The van der Waals surface area contributed by atoms with Crippen molar-refractivity contribution in [2.24, 2.45) is 5.92 Å². The number of piperazine rings is 1. The largest absolute Gasteiger partial charge is 0.481 e. The van der Waals surface area contributed by atoms with Crippen molar-refractivity contribution in [2.75, 3.05) is 36.0 Å². The molecule has 2 unspecified atom stereocenters. The molecule has 2 atom stereocenters. The summed E-state index contributed by atoms with van der Waals surface area (Å²) in [6.07, 6.45) is 1.97. The quantitative estimate of drug-likeness (QED) is 0.807. The van der Waals surface area contributed by atoms with E-state index in [1.807, 2.05) is 9.80 Å². The number of carboxylic acid groups (broad SMARTS) is 1. The molecule has 6 nitrogen and oxygen atoms in total. The Morgan fingerprint density at radius 3 is 2.68 bits per heavy atom. The zero-order chi connectivity index (χ0) is 17.7. The summed E-state index contributed by atoms with van der Waals surface area (Å²) in [6.45, 7) is 4.42. The van der Waals surface area contributed by atoms with Crippen LogP contribution in [-0.2, 0) is 4.79 Å². The van der Waals surface area contributed by atoms with E-state index in [0.717, 1.165) is 19.4 Å². The maximum atomic E-state index is 14.8. The summed E-state index contributed by atoms with van der Waals surface area (Å²) in [4.78, 5) is 28.0. The second kappa shape index (κ2) is 5.98. The van der Waals surface area contributed by atoms with Crippen molar-refractivity contribution in [1.82, 2.24) is 5.32 Å². The molecule has 0 aromatic heterocycles. The lowest BCUT2D eigenvalue weighted by molar-refractivity contribution is -0.139. The third-order valence-corrected chi connectivity index (χ3v) is 5.33. The number of hydrogen-bond acceptors (Lipinski definition) is 5. The zero-order valence-corrected chi connectivity index (χ0v) is 14.2. The molecule has 3 aliphatic rings. The first-order valence-electron chi connectivity index (χ1n) is 8.81. The van der Waals surface area contributed by atoms with Crippen molar-refractivity contribution in [3.05, 3.63) is 23.5 Å². The van der Waals surface area contributed by atoms with Crippen LogP contribution in [-0.4, -0.2) is 55.1 Å². The van der Waals surface area contributed by atoms with Gasteiger partial charge in [0, 0.05) is 43.8 Å². The molecule has 25 heavy (non-hydrogen) atoms. The lowest BCUT2D eigenvalue weighted by Gasteiger charge is -2.37. The highest BCUT2D eigenvalue weighted by molar-refractivity contribution is 6.13. The molecule has 2 heterocycles. The maximum Gasteiger partial charge on any atom is 0.316 e. The number of carboxylic acids is 1. The van der Waals surface area contributed by atoms with Crippen LogP contribution in [0.4, 0.5) is 15.8 Å². The minimum Gasteiger partial charge on any atom is -0.481 e. The highest BCUT2D eigenvalue weighted by atomic mass is 19.1. The summed E-state index contributed by atoms with van der Waals surface area (Å²) in [6, 6.07) is 3.51. The van der Waals surface area contributed by atoms with E-state index in [9.17, 15) is 19.1 Å².